The van der Waals surface area contributed by atoms with Gasteiger partial charge >= 0.3 is 5.69 Å². The van der Waals surface area contributed by atoms with Crippen LogP contribution in [0.2, 0.25) is 0 Å². The summed E-state index contributed by atoms with van der Waals surface area (Å²) in [6.45, 7) is 0. The van der Waals surface area contributed by atoms with Gasteiger partial charge in [-0.15, -0.1) is 0 Å². The van der Waals surface area contributed by atoms with Crippen LogP contribution in [0.15, 0.2) is 36.5 Å². The number of benzene rings is 1. The number of halogens is 1. The van der Waals surface area contributed by atoms with Crippen molar-refractivity contribution in [2.75, 3.05) is 5.32 Å². The molecular weight excluding hydrogens is 261 g/mol. The molecule has 0 fully saturated rings. The Morgan fingerprint density at radius 2 is 2.25 bits per heavy atom. The SMILES string of the molecule is O=[N+]([O-])c1ccc(NC2CCc3cccnc32)cc1F. The van der Waals surface area contributed by atoms with E-state index in [0.29, 0.717) is 5.69 Å². The zero-order chi connectivity index (χ0) is 14.1. The Kier molecular flexibility index (Phi) is 3.06. The van der Waals surface area contributed by atoms with E-state index in [2.05, 4.69) is 10.3 Å². The molecular formula is C14H12FN3O2. The molecule has 1 aliphatic carbocycles. The molecule has 6 heteroatoms. The Hall–Kier alpha value is -2.50. The van der Waals surface area contributed by atoms with Gasteiger partial charge in [0.05, 0.1) is 16.7 Å². The first kappa shape index (κ1) is 12.5. The highest BCUT2D eigenvalue weighted by atomic mass is 19.1. The molecule has 0 bridgehead atoms. The van der Waals surface area contributed by atoms with E-state index in [1.807, 2.05) is 12.1 Å². The second kappa shape index (κ2) is 4.88. The van der Waals surface area contributed by atoms with Crippen molar-refractivity contribution in [2.24, 2.45) is 0 Å². The number of fused-ring (bicyclic) bond motifs is 1. The number of nitrogens with one attached hydrogen (secondary N) is 1. The number of anilines is 1. The first-order chi connectivity index (χ1) is 9.65. The van der Waals surface area contributed by atoms with E-state index in [0.717, 1.165) is 24.6 Å². The molecule has 2 aromatic rings. The Balaban J connectivity index is 1.83. The lowest BCUT2D eigenvalue weighted by atomic mass is 10.2. The maximum absolute atomic E-state index is 13.6. The highest BCUT2D eigenvalue weighted by Crippen LogP contribution is 2.32. The molecule has 0 saturated heterocycles. The van der Waals surface area contributed by atoms with Crippen LogP contribution in [-0.2, 0) is 6.42 Å². The predicted octanol–water partition coefficient (Wildman–Crippen LogP) is 3.23. The number of rotatable bonds is 3. The van der Waals surface area contributed by atoms with E-state index in [1.165, 1.54) is 17.7 Å². The number of nitro benzene ring substituents is 1. The average Bonchev–Trinajstić information content (AvgIpc) is 2.82. The van der Waals surface area contributed by atoms with E-state index in [9.17, 15) is 14.5 Å². The van der Waals surface area contributed by atoms with Gasteiger partial charge < -0.3 is 5.32 Å². The maximum Gasteiger partial charge on any atom is 0.304 e. The van der Waals surface area contributed by atoms with Gasteiger partial charge in [0, 0.05) is 24.0 Å². The van der Waals surface area contributed by atoms with Crippen molar-refractivity contribution in [1.29, 1.82) is 0 Å². The van der Waals surface area contributed by atoms with Crippen molar-refractivity contribution in [1.82, 2.24) is 4.98 Å². The summed E-state index contributed by atoms with van der Waals surface area (Å²) in [6, 6.07) is 7.78. The highest BCUT2D eigenvalue weighted by Gasteiger charge is 2.24. The van der Waals surface area contributed by atoms with Gasteiger partial charge in [-0.25, -0.2) is 0 Å². The van der Waals surface area contributed by atoms with Crippen LogP contribution in [0.3, 0.4) is 0 Å². The van der Waals surface area contributed by atoms with Crippen LogP contribution in [0.5, 0.6) is 0 Å². The lowest BCUT2D eigenvalue weighted by molar-refractivity contribution is -0.387. The maximum atomic E-state index is 13.6. The molecule has 0 radical (unpaired) electrons. The van der Waals surface area contributed by atoms with Gasteiger partial charge in [-0.3, -0.25) is 15.1 Å². The van der Waals surface area contributed by atoms with Gasteiger partial charge in [0.25, 0.3) is 0 Å². The first-order valence-electron chi connectivity index (χ1n) is 6.29. The standard InChI is InChI=1S/C14H12FN3O2/c15-11-8-10(4-6-13(11)18(19)20)17-12-5-3-9-2-1-7-16-14(9)12/h1-2,4,6-8,12,17H,3,5H2. The second-order valence-corrected chi connectivity index (χ2v) is 4.71. The summed E-state index contributed by atoms with van der Waals surface area (Å²) in [6.07, 6.45) is 3.54. The van der Waals surface area contributed by atoms with Crippen molar-refractivity contribution < 1.29 is 9.31 Å². The van der Waals surface area contributed by atoms with Gasteiger partial charge in [-0.1, -0.05) is 6.07 Å². The zero-order valence-corrected chi connectivity index (χ0v) is 10.5. The molecule has 0 spiro atoms. The number of hydrogen-bond donors (Lipinski definition) is 1. The van der Waals surface area contributed by atoms with E-state index in [1.54, 1.807) is 6.20 Å². The molecule has 102 valence electrons. The molecule has 1 N–H and O–H groups in total. The minimum absolute atomic E-state index is 0.0204. The number of hydrogen-bond acceptors (Lipinski definition) is 4. The Bertz CT molecular complexity index is 675. The fourth-order valence-electron chi connectivity index (χ4n) is 2.50. The van der Waals surface area contributed by atoms with Crippen molar-refractivity contribution >= 4 is 11.4 Å². The van der Waals surface area contributed by atoms with Crippen LogP contribution >= 0.6 is 0 Å². The number of nitro groups is 1. The van der Waals surface area contributed by atoms with Gasteiger partial charge in [-0.2, -0.15) is 4.39 Å². The number of aromatic nitrogens is 1. The monoisotopic (exact) mass is 273 g/mol. The van der Waals surface area contributed by atoms with Crippen molar-refractivity contribution in [3.63, 3.8) is 0 Å². The van der Waals surface area contributed by atoms with Crippen LogP contribution in [-0.4, -0.2) is 9.91 Å². The molecule has 5 nitrogen and oxygen atoms in total. The lowest BCUT2D eigenvalue weighted by Crippen LogP contribution is -2.09. The van der Waals surface area contributed by atoms with Gasteiger partial charge in [-0.05, 0) is 30.5 Å². The minimum Gasteiger partial charge on any atom is -0.377 e. The topological polar surface area (TPSA) is 68.1 Å². The van der Waals surface area contributed by atoms with Crippen LogP contribution in [0.1, 0.15) is 23.7 Å². The zero-order valence-electron chi connectivity index (χ0n) is 10.5. The third-order valence-corrected chi connectivity index (χ3v) is 3.44. The molecule has 3 rings (SSSR count). The van der Waals surface area contributed by atoms with Gasteiger partial charge in [0.15, 0.2) is 0 Å². The van der Waals surface area contributed by atoms with Crippen LogP contribution in [0.25, 0.3) is 0 Å². The first-order valence-corrected chi connectivity index (χ1v) is 6.29. The third kappa shape index (κ3) is 2.20. The summed E-state index contributed by atoms with van der Waals surface area (Å²) in [7, 11) is 0. The van der Waals surface area contributed by atoms with Gasteiger partial charge in [0.2, 0.25) is 5.82 Å². The van der Waals surface area contributed by atoms with E-state index in [-0.39, 0.29) is 6.04 Å². The summed E-state index contributed by atoms with van der Waals surface area (Å²) in [5.41, 5.74) is 2.16. The van der Waals surface area contributed by atoms with Crippen LogP contribution in [0, 0.1) is 15.9 Å². The van der Waals surface area contributed by atoms with E-state index >= 15 is 0 Å². The number of nitrogens with zero attached hydrogens (tertiary/aromatic N) is 2. The largest absolute Gasteiger partial charge is 0.377 e. The fourth-order valence-corrected chi connectivity index (χ4v) is 2.50. The third-order valence-electron chi connectivity index (χ3n) is 3.44. The van der Waals surface area contributed by atoms with E-state index < -0.39 is 16.4 Å². The van der Waals surface area contributed by atoms with E-state index in [4.69, 9.17) is 0 Å². The molecule has 1 aliphatic rings. The smallest absolute Gasteiger partial charge is 0.304 e. The quantitative estimate of drug-likeness (QED) is 0.688. The average molecular weight is 273 g/mol. The number of aryl methyl sites for hydroxylation is 1. The summed E-state index contributed by atoms with van der Waals surface area (Å²) in [5.74, 6) is -0.834. The molecule has 1 heterocycles. The molecule has 0 aliphatic heterocycles. The summed E-state index contributed by atoms with van der Waals surface area (Å²) < 4.78 is 13.6. The molecule has 20 heavy (non-hydrogen) atoms. The molecule has 1 aromatic carbocycles. The summed E-state index contributed by atoms with van der Waals surface area (Å²) >= 11 is 0. The lowest BCUT2D eigenvalue weighted by Gasteiger charge is -2.14. The fraction of sp³-hybridized carbons (Fsp3) is 0.214. The molecule has 1 aromatic heterocycles. The predicted molar refractivity (Wildman–Crippen MR) is 72.0 cm³/mol. The van der Waals surface area contributed by atoms with Crippen molar-refractivity contribution in [2.45, 2.75) is 18.9 Å². The Morgan fingerprint density at radius 3 is 3.00 bits per heavy atom. The number of pyridine rings is 1. The second-order valence-electron chi connectivity index (χ2n) is 4.71. The highest BCUT2D eigenvalue weighted by molar-refractivity contribution is 5.51. The van der Waals surface area contributed by atoms with Crippen LogP contribution in [0.4, 0.5) is 15.8 Å². The molecule has 1 atom stereocenters. The van der Waals surface area contributed by atoms with Gasteiger partial charge in [0.1, 0.15) is 0 Å². The summed E-state index contributed by atoms with van der Waals surface area (Å²) in [4.78, 5) is 14.2. The minimum atomic E-state index is -0.834. The molecule has 0 saturated carbocycles. The van der Waals surface area contributed by atoms with Crippen molar-refractivity contribution in [3.8, 4) is 0 Å². The molecule has 1 unspecified atom stereocenters. The van der Waals surface area contributed by atoms with Crippen molar-refractivity contribution in [3.05, 3.63) is 63.7 Å². The summed E-state index contributed by atoms with van der Waals surface area (Å²) in [5, 5.41) is 13.8. The Labute approximate surface area is 114 Å². The van der Waals surface area contributed by atoms with Crippen LogP contribution < -0.4 is 5.32 Å². The molecule has 0 amide bonds. The Morgan fingerprint density at radius 1 is 1.40 bits per heavy atom. The normalized spacial score (nSPS) is 16.8.